The number of primary amides is 1. The average Bonchev–Trinajstić information content (AvgIpc) is 3.32. The van der Waals surface area contributed by atoms with Crippen LogP contribution in [0, 0.1) is 24.2 Å². The molecular weight excluding hydrogens is 554 g/mol. The molecule has 0 saturated heterocycles. The summed E-state index contributed by atoms with van der Waals surface area (Å²) < 4.78 is 2.42. The molecule has 0 aliphatic heterocycles. The summed E-state index contributed by atoms with van der Waals surface area (Å²) in [5.74, 6) is -2.36. The number of carbonyl (C=O) groups excluding carboxylic acids is 1. The Morgan fingerprint density at radius 2 is 1.93 bits per heavy atom. The molecule has 3 heterocycles. The molecule has 6 rings (SSSR count). The van der Waals surface area contributed by atoms with Gasteiger partial charge >= 0.3 is 5.69 Å². The number of carbonyl (C=O) groups is 1. The fourth-order valence-electron chi connectivity index (χ4n) is 6.32. The Hall–Kier alpha value is -4.65. The van der Waals surface area contributed by atoms with E-state index in [1.54, 1.807) is 44.3 Å². The van der Waals surface area contributed by atoms with Crippen LogP contribution in [-0.2, 0) is 10.4 Å². The molecule has 5 aromatic rings. The topological polar surface area (TPSA) is 146 Å². The van der Waals surface area contributed by atoms with Gasteiger partial charge in [-0.05, 0) is 73.7 Å². The first-order valence-corrected chi connectivity index (χ1v) is 13.9. The SMILES string of the molecule is Cc1c(C2c3c([nH]c4cc(C(C)(C)O)ccc34)[C@@H](C(N)=O)CC2C#N)cccc1-n1c(=O)cc2c(Cl)cccn2c1=O. The van der Waals surface area contributed by atoms with Crippen LogP contribution in [-0.4, -0.2) is 25.0 Å². The van der Waals surface area contributed by atoms with E-state index in [0.29, 0.717) is 33.5 Å². The lowest BCUT2D eigenvalue weighted by molar-refractivity contribution is -0.120. The molecule has 0 bridgehead atoms. The minimum atomic E-state index is -1.09. The standard InChI is InChI=1S/C32H28ClN5O4/c1-16-19(6-4-8-24(16)38-26(39)14-25-22(33)7-5-11-37(25)31(38)41)27-17(15-34)12-21(30(35)40)29-28(27)20-10-9-18(32(2,3)42)13-23(20)36-29/h4-11,13-14,17,21,27,36,42H,12H2,1-3H3,(H2,35,40)/t17?,21-,27?/m0/s1. The van der Waals surface area contributed by atoms with Crippen molar-refractivity contribution in [1.29, 1.82) is 5.26 Å². The number of benzene rings is 2. The summed E-state index contributed by atoms with van der Waals surface area (Å²) in [6.07, 6.45) is 1.76. The number of amides is 1. The minimum absolute atomic E-state index is 0.204. The Balaban J connectivity index is 1.62. The summed E-state index contributed by atoms with van der Waals surface area (Å²) in [4.78, 5) is 42.8. The second kappa shape index (κ2) is 9.72. The van der Waals surface area contributed by atoms with Gasteiger partial charge in [-0.2, -0.15) is 5.26 Å². The van der Waals surface area contributed by atoms with E-state index in [2.05, 4.69) is 11.1 Å². The van der Waals surface area contributed by atoms with Gasteiger partial charge in [-0.1, -0.05) is 35.9 Å². The summed E-state index contributed by atoms with van der Waals surface area (Å²) in [5.41, 5.74) is 8.53. The van der Waals surface area contributed by atoms with E-state index in [-0.39, 0.29) is 11.4 Å². The maximum absolute atomic E-state index is 13.6. The van der Waals surface area contributed by atoms with Crippen LogP contribution in [0.3, 0.4) is 0 Å². The van der Waals surface area contributed by atoms with Gasteiger partial charge < -0.3 is 15.8 Å². The second-order valence-electron chi connectivity index (χ2n) is 11.4. The number of nitrogens with two attached hydrogens (primary N) is 1. The maximum Gasteiger partial charge on any atom is 0.340 e. The summed E-state index contributed by atoms with van der Waals surface area (Å²) in [6, 6.07) is 17.8. The molecule has 4 N–H and O–H groups in total. The van der Waals surface area contributed by atoms with Crippen LogP contribution < -0.4 is 17.0 Å². The maximum atomic E-state index is 13.6. The van der Waals surface area contributed by atoms with E-state index in [1.165, 1.54) is 10.5 Å². The molecule has 2 unspecified atom stereocenters. The van der Waals surface area contributed by atoms with Gasteiger partial charge in [0.1, 0.15) is 0 Å². The van der Waals surface area contributed by atoms with Gasteiger partial charge in [-0.3, -0.25) is 14.0 Å². The molecule has 0 saturated carbocycles. The van der Waals surface area contributed by atoms with Gasteiger partial charge in [0.15, 0.2) is 0 Å². The second-order valence-corrected chi connectivity index (χ2v) is 11.8. The predicted octanol–water partition coefficient (Wildman–Crippen LogP) is 4.37. The number of aromatic nitrogens is 3. The smallest absolute Gasteiger partial charge is 0.340 e. The number of halogens is 1. The van der Waals surface area contributed by atoms with Crippen molar-refractivity contribution in [1.82, 2.24) is 14.0 Å². The fourth-order valence-corrected chi connectivity index (χ4v) is 6.54. The Morgan fingerprint density at radius 1 is 1.17 bits per heavy atom. The average molecular weight is 582 g/mol. The van der Waals surface area contributed by atoms with Crippen molar-refractivity contribution >= 4 is 33.9 Å². The number of fused-ring (bicyclic) bond motifs is 4. The lowest BCUT2D eigenvalue weighted by Crippen LogP contribution is -2.36. The van der Waals surface area contributed by atoms with Crippen LogP contribution in [0.4, 0.5) is 0 Å². The highest BCUT2D eigenvalue weighted by Crippen LogP contribution is 2.49. The van der Waals surface area contributed by atoms with Crippen LogP contribution in [0.5, 0.6) is 0 Å². The minimum Gasteiger partial charge on any atom is -0.386 e. The lowest BCUT2D eigenvalue weighted by atomic mass is 9.69. The van der Waals surface area contributed by atoms with Crippen molar-refractivity contribution in [3.8, 4) is 11.8 Å². The van der Waals surface area contributed by atoms with Crippen LogP contribution in [0.15, 0.2) is 70.4 Å². The number of aliphatic hydroxyl groups is 1. The van der Waals surface area contributed by atoms with Crippen LogP contribution >= 0.6 is 11.6 Å². The summed E-state index contributed by atoms with van der Waals surface area (Å²) in [5, 5.41) is 22.0. The largest absolute Gasteiger partial charge is 0.386 e. The summed E-state index contributed by atoms with van der Waals surface area (Å²) in [7, 11) is 0. The number of hydrogen-bond acceptors (Lipinski definition) is 5. The predicted molar refractivity (Wildman–Crippen MR) is 160 cm³/mol. The third-order valence-electron chi connectivity index (χ3n) is 8.42. The number of H-pyrrole nitrogens is 1. The molecule has 1 aliphatic rings. The Labute approximate surface area is 245 Å². The zero-order valence-corrected chi connectivity index (χ0v) is 23.9. The number of nitrogens with zero attached hydrogens (tertiary/aromatic N) is 3. The molecule has 212 valence electrons. The van der Waals surface area contributed by atoms with Crippen molar-refractivity contribution in [2.75, 3.05) is 0 Å². The number of hydrogen-bond donors (Lipinski definition) is 3. The molecule has 0 fully saturated rings. The van der Waals surface area contributed by atoms with E-state index < -0.39 is 40.5 Å². The number of rotatable bonds is 4. The molecule has 42 heavy (non-hydrogen) atoms. The van der Waals surface area contributed by atoms with Crippen molar-refractivity contribution in [2.45, 2.75) is 44.6 Å². The zero-order chi connectivity index (χ0) is 30.1. The molecule has 0 spiro atoms. The highest BCUT2D eigenvalue weighted by Gasteiger charge is 2.42. The Bertz CT molecular complexity index is 2090. The van der Waals surface area contributed by atoms with Gasteiger partial charge in [0, 0.05) is 34.8 Å². The first kappa shape index (κ1) is 27.5. The van der Waals surface area contributed by atoms with E-state index in [4.69, 9.17) is 17.3 Å². The molecule has 1 aliphatic carbocycles. The van der Waals surface area contributed by atoms with E-state index >= 15 is 0 Å². The summed E-state index contributed by atoms with van der Waals surface area (Å²) >= 11 is 6.25. The van der Waals surface area contributed by atoms with Crippen LogP contribution in [0.1, 0.15) is 60.1 Å². The van der Waals surface area contributed by atoms with Crippen molar-refractivity contribution in [3.63, 3.8) is 0 Å². The fraction of sp³-hybridized carbons (Fsp3) is 0.250. The van der Waals surface area contributed by atoms with Crippen molar-refractivity contribution in [3.05, 3.63) is 115 Å². The van der Waals surface area contributed by atoms with E-state index in [1.807, 2.05) is 31.2 Å². The first-order valence-electron chi connectivity index (χ1n) is 13.5. The molecule has 9 nitrogen and oxygen atoms in total. The molecule has 10 heteroatoms. The van der Waals surface area contributed by atoms with Gasteiger partial charge in [-0.25, -0.2) is 9.36 Å². The number of pyridine rings is 1. The first-order chi connectivity index (χ1) is 19.9. The van der Waals surface area contributed by atoms with Gasteiger partial charge in [-0.15, -0.1) is 0 Å². The monoisotopic (exact) mass is 581 g/mol. The van der Waals surface area contributed by atoms with Gasteiger partial charge in [0.25, 0.3) is 5.56 Å². The van der Waals surface area contributed by atoms with Crippen LogP contribution in [0.25, 0.3) is 22.1 Å². The molecule has 1 amide bonds. The third kappa shape index (κ3) is 4.14. The lowest BCUT2D eigenvalue weighted by Gasteiger charge is -2.33. The van der Waals surface area contributed by atoms with Crippen molar-refractivity contribution in [2.24, 2.45) is 11.7 Å². The molecule has 3 atom stereocenters. The van der Waals surface area contributed by atoms with E-state index in [0.717, 1.165) is 21.1 Å². The number of nitrogens with one attached hydrogen (secondary N) is 1. The zero-order valence-electron chi connectivity index (χ0n) is 23.2. The number of nitriles is 1. The van der Waals surface area contributed by atoms with Crippen molar-refractivity contribution < 1.29 is 9.90 Å². The van der Waals surface area contributed by atoms with Gasteiger partial charge in [0.2, 0.25) is 5.91 Å². The highest BCUT2D eigenvalue weighted by molar-refractivity contribution is 6.33. The van der Waals surface area contributed by atoms with Gasteiger partial charge in [0.05, 0.1) is 39.7 Å². The number of aromatic amines is 1. The normalized spacial score (nSPS) is 18.6. The van der Waals surface area contributed by atoms with Crippen LogP contribution in [0.2, 0.25) is 5.02 Å². The molecule has 2 aromatic carbocycles. The Morgan fingerprint density at radius 3 is 2.62 bits per heavy atom. The molecule has 0 radical (unpaired) electrons. The van der Waals surface area contributed by atoms with E-state index in [9.17, 15) is 24.8 Å². The molecular formula is C32H28ClN5O4. The highest BCUT2D eigenvalue weighted by atomic mass is 35.5. The third-order valence-corrected chi connectivity index (χ3v) is 8.74. The summed E-state index contributed by atoms with van der Waals surface area (Å²) in [6.45, 7) is 5.20. The Kier molecular flexibility index (Phi) is 6.37. The quantitative estimate of drug-likeness (QED) is 0.288. The molecule has 3 aromatic heterocycles.